The molecular formula is C14H13N3O. The molecule has 0 amide bonds. The lowest BCUT2D eigenvalue weighted by atomic mass is 10.1. The summed E-state index contributed by atoms with van der Waals surface area (Å²) >= 11 is 0. The fourth-order valence-electron chi connectivity index (χ4n) is 2.18. The van der Waals surface area contributed by atoms with Crippen molar-refractivity contribution in [1.82, 2.24) is 9.55 Å². The van der Waals surface area contributed by atoms with Crippen LogP contribution in [0.15, 0.2) is 35.1 Å². The molecule has 0 spiro atoms. The number of aryl methyl sites for hydroxylation is 2. The van der Waals surface area contributed by atoms with Crippen molar-refractivity contribution in [3.63, 3.8) is 0 Å². The van der Waals surface area contributed by atoms with Gasteiger partial charge in [0.25, 0.3) is 0 Å². The third kappa shape index (κ3) is 1.46. The predicted molar refractivity (Wildman–Crippen MR) is 72.8 cm³/mol. The number of aromatic nitrogens is 2. The minimum atomic E-state index is -0.0145. The van der Waals surface area contributed by atoms with Gasteiger partial charge in [-0.1, -0.05) is 0 Å². The fourth-order valence-corrected chi connectivity index (χ4v) is 2.18. The predicted octanol–water partition coefficient (Wildman–Crippen LogP) is 1.93. The van der Waals surface area contributed by atoms with E-state index in [1.807, 2.05) is 30.7 Å². The Morgan fingerprint density at radius 2 is 2.00 bits per heavy atom. The number of nitrogens with two attached hydrogens (primary N) is 1. The molecule has 0 radical (unpaired) electrons. The number of benzene rings is 2. The number of fused-ring (bicyclic) bond motifs is 2. The smallest absolute Gasteiger partial charge is 0.180 e. The Balaban J connectivity index is 2.53. The van der Waals surface area contributed by atoms with E-state index >= 15 is 0 Å². The van der Waals surface area contributed by atoms with Gasteiger partial charge in [-0.05, 0) is 36.8 Å². The molecule has 1 aliphatic carbocycles. The molecular weight excluding hydrogens is 226 g/mol. The first-order valence-electron chi connectivity index (χ1n) is 5.73. The number of hydrogen-bond acceptors (Lipinski definition) is 3. The van der Waals surface area contributed by atoms with Crippen LogP contribution in [0.5, 0.6) is 0 Å². The maximum Gasteiger partial charge on any atom is 0.180 e. The van der Waals surface area contributed by atoms with Crippen LogP contribution >= 0.6 is 0 Å². The summed E-state index contributed by atoms with van der Waals surface area (Å²) in [6.45, 7) is 1.96. The van der Waals surface area contributed by atoms with Crippen LogP contribution in [0.3, 0.4) is 0 Å². The number of nitrogen functional groups attached to an aromatic ring is 1. The van der Waals surface area contributed by atoms with E-state index in [0.717, 1.165) is 33.7 Å². The summed E-state index contributed by atoms with van der Waals surface area (Å²) in [5.41, 5.74) is 11.1. The summed E-state index contributed by atoms with van der Waals surface area (Å²) in [4.78, 5) is 16.0. The zero-order valence-corrected chi connectivity index (χ0v) is 10.3. The van der Waals surface area contributed by atoms with Gasteiger partial charge in [0, 0.05) is 18.8 Å². The van der Waals surface area contributed by atoms with E-state index in [-0.39, 0.29) is 5.43 Å². The summed E-state index contributed by atoms with van der Waals surface area (Å²) < 4.78 is 1.95. The Kier molecular flexibility index (Phi) is 2.13. The molecule has 0 bridgehead atoms. The second kappa shape index (κ2) is 3.57. The second-order valence-electron chi connectivity index (χ2n) is 4.52. The molecule has 0 saturated carbocycles. The van der Waals surface area contributed by atoms with Gasteiger partial charge >= 0.3 is 0 Å². The molecule has 2 N–H and O–H groups in total. The van der Waals surface area contributed by atoms with Crippen molar-refractivity contribution < 1.29 is 0 Å². The van der Waals surface area contributed by atoms with Gasteiger partial charge in [0.15, 0.2) is 5.43 Å². The molecule has 90 valence electrons. The molecule has 18 heavy (non-hydrogen) atoms. The number of anilines is 1. The Hall–Kier alpha value is -2.36. The lowest BCUT2D eigenvalue weighted by Gasteiger charge is -2.15. The number of hydrogen-bond donors (Lipinski definition) is 1. The maximum absolute atomic E-state index is 11.4. The Morgan fingerprint density at radius 1 is 1.22 bits per heavy atom. The molecule has 0 aromatic heterocycles. The summed E-state index contributed by atoms with van der Waals surface area (Å²) in [6, 6.07) is 8.75. The molecule has 1 aliphatic heterocycles. The molecule has 0 fully saturated rings. The van der Waals surface area contributed by atoms with E-state index in [2.05, 4.69) is 4.98 Å². The summed E-state index contributed by atoms with van der Waals surface area (Å²) in [5.74, 6) is 0. The van der Waals surface area contributed by atoms with E-state index in [0.29, 0.717) is 0 Å². The molecule has 2 aliphatic rings. The van der Waals surface area contributed by atoms with Crippen molar-refractivity contribution in [1.29, 1.82) is 0 Å². The van der Waals surface area contributed by atoms with Crippen molar-refractivity contribution in [2.24, 2.45) is 7.05 Å². The van der Waals surface area contributed by atoms with E-state index in [9.17, 15) is 4.79 Å². The van der Waals surface area contributed by atoms with Crippen molar-refractivity contribution in [2.75, 3.05) is 5.73 Å². The van der Waals surface area contributed by atoms with Crippen LogP contribution < -0.4 is 11.2 Å². The highest BCUT2D eigenvalue weighted by atomic mass is 16.1. The highest BCUT2D eigenvalue weighted by molar-refractivity contribution is 5.84. The Morgan fingerprint density at radius 3 is 2.78 bits per heavy atom. The van der Waals surface area contributed by atoms with Crippen LogP contribution in [-0.2, 0) is 7.05 Å². The third-order valence-corrected chi connectivity index (χ3v) is 3.27. The normalized spacial score (nSPS) is 11.2. The van der Waals surface area contributed by atoms with Gasteiger partial charge in [-0.2, -0.15) is 0 Å². The molecule has 3 rings (SSSR count). The first-order chi connectivity index (χ1) is 8.56. The van der Waals surface area contributed by atoms with Gasteiger partial charge in [-0.15, -0.1) is 0 Å². The molecule has 4 nitrogen and oxygen atoms in total. The zero-order valence-electron chi connectivity index (χ0n) is 10.3. The fraction of sp³-hybridized carbons (Fsp3) is 0.143. The molecule has 0 saturated heterocycles. The zero-order chi connectivity index (χ0) is 12.9. The van der Waals surface area contributed by atoms with Gasteiger partial charge in [-0.25, -0.2) is 4.98 Å². The largest absolute Gasteiger partial charge is 0.398 e. The summed E-state index contributed by atoms with van der Waals surface area (Å²) in [5, 5.41) is 0. The highest BCUT2D eigenvalue weighted by Crippen LogP contribution is 2.26. The van der Waals surface area contributed by atoms with Crippen molar-refractivity contribution in [3.05, 3.63) is 46.1 Å². The van der Waals surface area contributed by atoms with Gasteiger partial charge in [0.1, 0.15) is 0 Å². The first kappa shape index (κ1) is 10.8. The highest BCUT2D eigenvalue weighted by Gasteiger charge is 2.11. The number of rotatable bonds is 0. The Bertz CT molecular complexity index is 789. The van der Waals surface area contributed by atoms with E-state index in [1.54, 1.807) is 12.1 Å². The molecule has 4 heteroatoms. The van der Waals surface area contributed by atoms with Crippen LogP contribution in [0.2, 0.25) is 0 Å². The average molecular weight is 239 g/mol. The molecule has 1 aromatic rings. The van der Waals surface area contributed by atoms with Crippen molar-refractivity contribution >= 4 is 16.7 Å². The van der Waals surface area contributed by atoms with E-state index in [4.69, 9.17) is 5.73 Å². The monoisotopic (exact) mass is 239 g/mol. The van der Waals surface area contributed by atoms with Gasteiger partial charge in [0.2, 0.25) is 0 Å². The lowest BCUT2D eigenvalue weighted by molar-refractivity contribution is 0.945. The van der Waals surface area contributed by atoms with Crippen LogP contribution in [-0.4, -0.2) is 9.55 Å². The van der Waals surface area contributed by atoms with E-state index in [1.165, 1.54) is 6.07 Å². The van der Waals surface area contributed by atoms with Crippen molar-refractivity contribution in [2.45, 2.75) is 6.92 Å². The van der Waals surface area contributed by atoms with Crippen LogP contribution in [0.1, 0.15) is 5.56 Å². The van der Waals surface area contributed by atoms with Crippen molar-refractivity contribution in [3.8, 4) is 11.4 Å². The standard InChI is InChI=1S/C14H13N3O/c1-8-5-12-14(7-10(8)15)17(2)13-6-9(18)3-4-11(13)16-12/h3-7H,15H2,1-2H3. The maximum atomic E-state index is 11.4. The summed E-state index contributed by atoms with van der Waals surface area (Å²) in [6.07, 6.45) is 0. The topological polar surface area (TPSA) is 60.9 Å². The lowest BCUT2D eigenvalue weighted by Crippen LogP contribution is -2.08. The number of nitrogens with zero attached hydrogens (tertiary/aromatic N) is 2. The molecule has 0 atom stereocenters. The first-order valence-corrected chi connectivity index (χ1v) is 5.73. The van der Waals surface area contributed by atoms with Gasteiger partial charge in [0.05, 0.1) is 22.4 Å². The van der Waals surface area contributed by atoms with Gasteiger partial charge < -0.3 is 10.3 Å². The van der Waals surface area contributed by atoms with Gasteiger partial charge in [-0.3, -0.25) is 4.79 Å². The SMILES string of the molecule is Cc1cc2nc3ccc(=O)cc-3n(C)c2cc1N. The second-order valence-corrected chi connectivity index (χ2v) is 4.52. The molecule has 1 heterocycles. The Labute approximate surface area is 104 Å². The minimum Gasteiger partial charge on any atom is -0.398 e. The quantitative estimate of drug-likeness (QED) is 0.481. The van der Waals surface area contributed by atoms with Crippen LogP contribution in [0.25, 0.3) is 22.4 Å². The molecule has 0 unspecified atom stereocenters. The average Bonchev–Trinajstić information content (AvgIpc) is 2.33. The summed E-state index contributed by atoms with van der Waals surface area (Å²) in [7, 11) is 1.92. The molecule has 1 aromatic carbocycles. The van der Waals surface area contributed by atoms with Crippen LogP contribution in [0, 0.1) is 6.92 Å². The van der Waals surface area contributed by atoms with Crippen LogP contribution in [0.4, 0.5) is 5.69 Å². The van der Waals surface area contributed by atoms with E-state index < -0.39 is 0 Å². The minimum absolute atomic E-state index is 0.0145. The third-order valence-electron chi connectivity index (χ3n) is 3.27.